The first kappa shape index (κ1) is 13.3. The van der Waals surface area contributed by atoms with Crippen molar-refractivity contribution in [3.05, 3.63) is 27.4 Å². The minimum Gasteiger partial charge on any atom is -0.469 e. The lowest BCUT2D eigenvalue weighted by Crippen LogP contribution is -2.07. The van der Waals surface area contributed by atoms with Crippen LogP contribution in [0.4, 0.5) is 5.82 Å². The first-order valence-corrected chi connectivity index (χ1v) is 7.10. The number of rotatable bonds is 4. The van der Waals surface area contributed by atoms with Crippen LogP contribution in [0.25, 0.3) is 11.4 Å². The van der Waals surface area contributed by atoms with Crippen molar-refractivity contribution >= 4 is 28.4 Å². The predicted molar refractivity (Wildman–Crippen MR) is 80.7 cm³/mol. The van der Waals surface area contributed by atoms with Gasteiger partial charge in [-0.25, -0.2) is 9.97 Å². The SMILES string of the molecule is CCNc1nc(-c2ccoc2C)nc(CC)c1I. The number of anilines is 1. The first-order chi connectivity index (χ1) is 8.67. The smallest absolute Gasteiger partial charge is 0.165 e. The third-order valence-corrected chi connectivity index (χ3v) is 3.83. The van der Waals surface area contributed by atoms with Crippen LogP contribution in [0.2, 0.25) is 0 Å². The summed E-state index contributed by atoms with van der Waals surface area (Å²) in [6.45, 7) is 6.94. The molecule has 0 aromatic carbocycles. The van der Waals surface area contributed by atoms with Crippen LogP contribution >= 0.6 is 22.6 Å². The molecule has 5 heteroatoms. The number of nitrogens with one attached hydrogen (secondary N) is 1. The molecule has 0 radical (unpaired) electrons. The van der Waals surface area contributed by atoms with Gasteiger partial charge in [-0.15, -0.1) is 0 Å². The number of aromatic nitrogens is 2. The van der Waals surface area contributed by atoms with E-state index in [0.717, 1.165) is 45.2 Å². The van der Waals surface area contributed by atoms with Crippen LogP contribution in [0.5, 0.6) is 0 Å². The van der Waals surface area contributed by atoms with E-state index >= 15 is 0 Å². The van der Waals surface area contributed by atoms with Gasteiger partial charge in [0.25, 0.3) is 0 Å². The molecule has 96 valence electrons. The van der Waals surface area contributed by atoms with E-state index < -0.39 is 0 Å². The zero-order chi connectivity index (χ0) is 13.1. The zero-order valence-electron chi connectivity index (χ0n) is 10.7. The lowest BCUT2D eigenvalue weighted by atomic mass is 10.2. The molecule has 0 aliphatic carbocycles. The lowest BCUT2D eigenvalue weighted by molar-refractivity contribution is 0.535. The molecule has 0 aliphatic rings. The maximum Gasteiger partial charge on any atom is 0.165 e. The average Bonchev–Trinajstić information content (AvgIpc) is 2.78. The van der Waals surface area contributed by atoms with Crippen LogP contribution in [0, 0.1) is 10.5 Å². The summed E-state index contributed by atoms with van der Waals surface area (Å²) >= 11 is 2.30. The first-order valence-electron chi connectivity index (χ1n) is 6.02. The minimum atomic E-state index is 0.731. The average molecular weight is 357 g/mol. The van der Waals surface area contributed by atoms with Crippen molar-refractivity contribution in [2.45, 2.75) is 27.2 Å². The van der Waals surface area contributed by atoms with Gasteiger partial charge in [-0.05, 0) is 48.9 Å². The summed E-state index contributed by atoms with van der Waals surface area (Å²) in [5.41, 5.74) is 2.03. The van der Waals surface area contributed by atoms with E-state index in [1.807, 2.05) is 13.0 Å². The highest BCUT2D eigenvalue weighted by atomic mass is 127. The molecule has 0 saturated carbocycles. The summed E-state index contributed by atoms with van der Waals surface area (Å²) in [5.74, 6) is 2.48. The van der Waals surface area contributed by atoms with Gasteiger partial charge < -0.3 is 9.73 Å². The maximum atomic E-state index is 5.32. The molecule has 18 heavy (non-hydrogen) atoms. The quantitative estimate of drug-likeness (QED) is 0.849. The van der Waals surface area contributed by atoms with E-state index in [2.05, 4.69) is 51.7 Å². The van der Waals surface area contributed by atoms with E-state index in [4.69, 9.17) is 4.42 Å². The summed E-state index contributed by atoms with van der Waals surface area (Å²) in [6.07, 6.45) is 2.56. The monoisotopic (exact) mass is 357 g/mol. The van der Waals surface area contributed by atoms with Gasteiger partial charge in [0, 0.05) is 6.54 Å². The molecule has 2 aromatic heterocycles. The molecule has 0 amide bonds. The van der Waals surface area contributed by atoms with Crippen molar-refractivity contribution in [3.63, 3.8) is 0 Å². The van der Waals surface area contributed by atoms with Gasteiger partial charge >= 0.3 is 0 Å². The van der Waals surface area contributed by atoms with E-state index in [1.54, 1.807) is 6.26 Å². The van der Waals surface area contributed by atoms with Crippen molar-refractivity contribution in [2.75, 3.05) is 11.9 Å². The number of nitrogens with zero attached hydrogens (tertiary/aromatic N) is 2. The topological polar surface area (TPSA) is 51.0 Å². The van der Waals surface area contributed by atoms with Crippen molar-refractivity contribution in [1.29, 1.82) is 0 Å². The minimum absolute atomic E-state index is 0.731. The second-order valence-corrected chi connectivity index (χ2v) is 5.01. The van der Waals surface area contributed by atoms with Gasteiger partial charge in [0.15, 0.2) is 5.82 Å². The Balaban J connectivity index is 2.55. The van der Waals surface area contributed by atoms with Crippen LogP contribution in [-0.4, -0.2) is 16.5 Å². The Kier molecular flexibility index (Phi) is 4.21. The third kappa shape index (κ3) is 2.50. The molecule has 2 aromatic rings. The third-order valence-electron chi connectivity index (χ3n) is 2.70. The van der Waals surface area contributed by atoms with Crippen LogP contribution in [0.1, 0.15) is 25.3 Å². The van der Waals surface area contributed by atoms with E-state index in [-0.39, 0.29) is 0 Å². The summed E-state index contributed by atoms with van der Waals surface area (Å²) in [5, 5.41) is 3.28. The van der Waals surface area contributed by atoms with Gasteiger partial charge in [-0.1, -0.05) is 6.92 Å². The van der Waals surface area contributed by atoms with E-state index in [9.17, 15) is 0 Å². The molecule has 2 heterocycles. The number of furan rings is 1. The summed E-state index contributed by atoms with van der Waals surface area (Å²) in [6, 6.07) is 1.91. The van der Waals surface area contributed by atoms with Gasteiger partial charge in [-0.3, -0.25) is 0 Å². The standard InChI is InChI=1S/C13H16IN3O/c1-4-10-11(14)13(15-5-2)17-12(16-10)9-6-7-18-8(9)3/h6-7H,4-5H2,1-3H3,(H,15,16,17). The zero-order valence-corrected chi connectivity index (χ0v) is 12.9. The molecule has 1 N–H and O–H groups in total. The highest BCUT2D eigenvalue weighted by molar-refractivity contribution is 14.1. The Labute approximate surface area is 120 Å². The largest absolute Gasteiger partial charge is 0.469 e. The van der Waals surface area contributed by atoms with Crippen molar-refractivity contribution in [2.24, 2.45) is 0 Å². The summed E-state index contributed by atoms with van der Waals surface area (Å²) < 4.78 is 6.42. The van der Waals surface area contributed by atoms with Crippen LogP contribution in [0.15, 0.2) is 16.7 Å². The van der Waals surface area contributed by atoms with E-state index in [0.29, 0.717) is 0 Å². The molecule has 0 fully saturated rings. The number of hydrogen-bond donors (Lipinski definition) is 1. The Morgan fingerprint density at radius 1 is 1.33 bits per heavy atom. The molecular weight excluding hydrogens is 341 g/mol. The highest BCUT2D eigenvalue weighted by Crippen LogP contribution is 2.26. The van der Waals surface area contributed by atoms with Crippen LogP contribution in [-0.2, 0) is 6.42 Å². The maximum absolute atomic E-state index is 5.32. The van der Waals surface area contributed by atoms with Gasteiger partial charge in [-0.2, -0.15) is 0 Å². The summed E-state index contributed by atoms with van der Waals surface area (Å²) in [4.78, 5) is 9.20. The van der Waals surface area contributed by atoms with Crippen molar-refractivity contribution < 1.29 is 4.42 Å². The molecule has 0 aliphatic heterocycles. The molecule has 0 atom stereocenters. The molecule has 0 unspecified atom stereocenters. The molecule has 0 saturated heterocycles. The predicted octanol–water partition coefficient (Wildman–Crippen LogP) is 3.64. The highest BCUT2D eigenvalue weighted by Gasteiger charge is 2.14. The number of halogens is 1. The van der Waals surface area contributed by atoms with Crippen LogP contribution < -0.4 is 5.32 Å². The molecule has 0 bridgehead atoms. The number of aryl methyl sites for hydroxylation is 2. The normalized spacial score (nSPS) is 10.7. The Morgan fingerprint density at radius 2 is 2.11 bits per heavy atom. The fourth-order valence-electron chi connectivity index (χ4n) is 1.75. The molecule has 2 rings (SSSR count). The summed E-state index contributed by atoms with van der Waals surface area (Å²) in [7, 11) is 0. The van der Waals surface area contributed by atoms with Crippen molar-refractivity contribution in [1.82, 2.24) is 9.97 Å². The second kappa shape index (κ2) is 5.69. The second-order valence-electron chi connectivity index (χ2n) is 3.93. The van der Waals surface area contributed by atoms with Gasteiger partial charge in [0.05, 0.1) is 21.1 Å². The molecule has 4 nitrogen and oxygen atoms in total. The number of hydrogen-bond acceptors (Lipinski definition) is 4. The van der Waals surface area contributed by atoms with Gasteiger partial charge in [0.2, 0.25) is 0 Å². The lowest BCUT2D eigenvalue weighted by Gasteiger charge is -2.10. The van der Waals surface area contributed by atoms with E-state index in [1.165, 1.54) is 0 Å². The fourth-order valence-corrected chi connectivity index (χ4v) is 2.56. The van der Waals surface area contributed by atoms with Crippen LogP contribution in [0.3, 0.4) is 0 Å². The Bertz CT molecular complexity index is 551. The van der Waals surface area contributed by atoms with Gasteiger partial charge in [0.1, 0.15) is 11.6 Å². The fraction of sp³-hybridized carbons (Fsp3) is 0.385. The Hall–Kier alpha value is -1.11. The molecular formula is C13H16IN3O. The molecule has 0 spiro atoms. The Morgan fingerprint density at radius 3 is 2.67 bits per heavy atom. The van der Waals surface area contributed by atoms with Crippen molar-refractivity contribution in [3.8, 4) is 11.4 Å².